The summed E-state index contributed by atoms with van der Waals surface area (Å²) in [7, 11) is 0. The van der Waals surface area contributed by atoms with Crippen LogP contribution in [0.15, 0.2) is 54.1 Å². The fourth-order valence-electron chi connectivity index (χ4n) is 3.37. The van der Waals surface area contributed by atoms with Crippen molar-refractivity contribution in [3.63, 3.8) is 0 Å². The number of nitro benzene ring substituents is 2. The molecule has 2 N–H and O–H groups in total. The van der Waals surface area contributed by atoms with Gasteiger partial charge in [0.1, 0.15) is 5.76 Å². The van der Waals surface area contributed by atoms with Gasteiger partial charge in [-0.3, -0.25) is 29.8 Å². The SMILES string of the molecule is O=C1C(=O)N(CCCO)C(c2ccc([N+](=O)[O-])cc2)C1=C(O)c1ccc([N+](=O)[O-])cc1. The first-order chi connectivity index (χ1) is 14.8. The molecule has 31 heavy (non-hydrogen) atoms. The van der Waals surface area contributed by atoms with Crippen LogP contribution in [0.25, 0.3) is 5.76 Å². The minimum absolute atomic E-state index is 0.0137. The maximum absolute atomic E-state index is 12.7. The lowest BCUT2D eigenvalue weighted by atomic mass is 9.95. The maximum atomic E-state index is 12.7. The Hall–Kier alpha value is -4.12. The van der Waals surface area contributed by atoms with Gasteiger partial charge in [0.2, 0.25) is 0 Å². The quantitative estimate of drug-likeness (QED) is 0.223. The van der Waals surface area contributed by atoms with Crippen molar-refractivity contribution < 1.29 is 29.6 Å². The van der Waals surface area contributed by atoms with Crippen LogP contribution in [0.1, 0.15) is 23.6 Å². The second kappa shape index (κ2) is 8.71. The number of non-ortho nitro benzene ring substituents is 2. The number of nitrogens with zero attached hydrogens (tertiary/aromatic N) is 3. The number of likely N-dealkylation sites (tertiary alicyclic amines) is 1. The summed E-state index contributed by atoms with van der Waals surface area (Å²) in [5.41, 5.74) is -0.201. The Balaban J connectivity index is 2.13. The molecular weight excluding hydrogens is 410 g/mol. The highest BCUT2D eigenvalue weighted by atomic mass is 16.6. The number of Topliss-reactive ketones (excluding diaryl/α,β-unsaturated/α-hetero) is 1. The van der Waals surface area contributed by atoms with E-state index in [4.69, 9.17) is 5.11 Å². The van der Waals surface area contributed by atoms with E-state index in [0.717, 1.165) is 12.1 Å². The first-order valence-electron chi connectivity index (χ1n) is 9.14. The zero-order chi connectivity index (χ0) is 22.7. The van der Waals surface area contributed by atoms with Gasteiger partial charge in [-0.15, -0.1) is 0 Å². The molecule has 1 atom stereocenters. The second-order valence-corrected chi connectivity index (χ2v) is 6.72. The molecule has 2 aromatic rings. The number of ketones is 1. The van der Waals surface area contributed by atoms with E-state index >= 15 is 0 Å². The Morgan fingerprint density at radius 1 is 0.935 bits per heavy atom. The lowest BCUT2D eigenvalue weighted by Crippen LogP contribution is -2.31. The molecule has 0 aromatic heterocycles. The van der Waals surface area contributed by atoms with Gasteiger partial charge in [0.05, 0.1) is 21.5 Å². The number of aliphatic hydroxyl groups excluding tert-OH is 2. The molecule has 11 heteroatoms. The van der Waals surface area contributed by atoms with Crippen molar-refractivity contribution >= 4 is 28.8 Å². The second-order valence-electron chi connectivity index (χ2n) is 6.72. The topological polar surface area (TPSA) is 164 Å². The number of nitro groups is 2. The van der Waals surface area contributed by atoms with E-state index in [1.165, 1.54) is 41.3 Å². The molecule has 1 fully saturated rings. The van der Waals surface area contributed by atoms with E-state index in [2.05, 4.69) is 0 Å². The molecule has 3 rings (SSSR count). The molecule has 1 aliphatic rings. The van der Waals surface area contributed by atoms with Crippen LogP contribution in [0, 0.1) is 20.2 Å². The van der Waals surface area contributed by atoms with Crippen molar-refractivity contribution in [2.45, 2.75) is 12.5 Å². The summed E-state index contributed by atoms with van der Waals surface area (Å²) >= 11 is 0. The molecule has 0 spiro atoms. The van der Waals surface area contributed by atoms with Crippen LogP contribution in [-0.4, -0.2) is 49.8 Å². The first kappa shape index (κ1) is 21.6. The summed E-state index contributed by atoms with van der Waals surface area (Å²) in [5, 5.41) is 41.7. The third-order valence-corrected chi connectivity index (χ3v) is 4.87. The maximum Gasteiger partial charge on any atom is 0.295 e. The third kappa shape index (κ3) is 4.12. The Kier molecular flexibility index (Phi) is 6.07. The van der Waals surface area contributed by atoms with Gasteiger partial charge >= 0.3 is 0 Å². The molecule has 0 bridgehead atoms. The number of carbonyl (C=O) groups is 2. The minimum atomic E-state index is -1.04. The van der Waals surface area contributed by atoms with Crippen LogP contribution in [0.3, 0.4) is 0 Å². The highest BCUT2D eigenvalue weighted by molar-refractivity contribution is 6.46. The molecule has 0 radical (unpaired) electrons. The molecule has 160 valence electrons. The predicted octanol–water partition coefficient (Wildman–Crippen LogP) is 2.31. The van der Waals surface area contributed by atoms with Gasteiger partial charge in [0.25, 0.3) is 23.1 Å². The van der Waals surface area contributed by atoms with Gasteiger partial charge in [-0.25, -0.2) is 0 Å². The van der Waals surface area contributed by atoms with E-state index < -0.39 is 33.3 Å². The molecule has 11 nitrogen and oxygen atoms in total. The number of rotatable bonds is 7. The Bertz CT molecular complexity index is 1080. The summed E-state index contributed by atoms with van der Waals surface area (Å²) in [6.07, 6.45) is 0.175. The van der Waals surface area contributed by atoms with Crippen molar-refractivity contribution in [3.8, 4) is 0 Å². The van der Waals surface area contributed by atoms with Crippen LogP contribution in [0.5, 0.6) is 0 Å². The zero-order valence-electron chi connectivity index (χ0n) is 16.0. The third-order valence-electron chi connectivity index (χ3n) is 4.87. The van der Waals surface area contributed by atoms with Gasteiger partial charge < -0.3 is 15.1 Å². The predicted molar refractivity (Wildman–Crippen MR) is 107 cm³/mol. The molecule has 1 saturated heterocycles. The normalized spacial score (nSPS) is 17.7. The van der Waals surface area contributed by atoms with Crippen LogP contribution >= 0.6 is 0 Å². The zero-order valence-corrected chi connectivity index (χ0v) is 16.0. The molecule has 0 saturated carbocycles. The van der Waals surface area contributed by atoms with E-state index in [0.29, 0.717) is 5.56 Å². The van der Waals surface area contributed by atoms with E-state index in [9.17, 15) is 34.9 Å². The number of aliphatic hydroxyl groups is 2. The molecule has 0 aliphatic carbocycles. The Morgan fingerprint density at radius 2 is 1.45 bits per heavy atom. The van der Waals surface area contributed by atoms with Gasteiger partial charge in [0.15, 0.2) is 0 Å². The average molecular weight is 427 g/mol. The fraction of sp³-hybridized carbons (Fsp3) is 0.200. The highest BCUT2D eigenvalue weighted by Crippen LogP contribution is 2.40. The monoisotopic (exact) mass is 427 g/mol. The van der Waals surface area contributed by atoms with E-state index in [1.54, 1.807) is 0 Å². The van der Waals surface area contributed by atoms with Gasteiger partial charge in [-0.2, -0.15) is 0 Å². The van der Waals surface area contributed by atoms with Crippen molar-refractivity contribution in [1.29, 1.82) is 0 Å². The van der Waals surface area contributed by atoms with Crippen molar-refractivity contribution in [2.75, 3.05) is 13.2 Å². The lowest BCUT2D eigenvalue weighted by Gasteiger charge is -2.25. The summed E-state index contributed by atoms with van der Waals surface area (Å²) in [6, 6.07) is 8.95. The molecule has 1 unspecified atom stereocenters. The van der Waals surface area contributed by atoms with Crippen molar-refractivity contribution in [2.24, 2.45) is 0 Å². The standard InChI is InChI=1S/C20H17N3O8/c24-11-1-10-21-17(12-2-6-14(7-3-12)22(28)29)16(19(26)20(21)27)18(25)13-4-8-15(9-5-13)23(30)31/h2-9,17,24-25H,1,10-11H2. The van der Waals surface area contributed by atoms with Gasteiger partial charge in [-0.1, -0.05) is 0 Å². The average Bonchev–Trinajstić information content (AvgIpc) is 3.02. The molecule has 1 aliphatic heterocycles. The van der Waals surface area contributed by atoms with Crippen molar-refractivity contribution in [1.82, 2.24) is 4.90 Å². The number of hydrogen-bond donors (Lipinski definition) is 2. The molecule has 1 amide bonds. The highest BCUT2D eigenvalue weighted by Gasteiger charge is 2.45. The lowest BCUT2D eigenvalue weighted by molar-refractivity contribution is -0.385. The summed E-state index contributed by atoms with van der Waals surface area (Å²) in [4.78, 5) is 47.1. The number of hydrogen-bond acceptors (Lipinski definition) is 8. The van der Waals surface area contributed by atoms with Gasteiger partial charge in [-0.05, 0) is 36.2 Å². The fourth-order valence-corrected chi connectivity index (χ4v) is 3.37. The molecule has 1 heterocycles. The van der Waals surface area contributed by atoms with Crippen LogP contribution in [0.2, 0.25) is 0 Å². The van der Waals surface area contributed by atoms with Crippen molar-refractivity contribution in [3.05, 3.63) is 85.5 Å². The largest absolute Gasteiger partial charge is 0.507 e. The Labute approximate surface area is 175 Å². The number of carbonyl (C=O) groups excluding carboxylic acids is 2. The summed E-state index contributed by atoms with van der Waals surface area (Å²) in [6.45, 7) is -0.224. The van der Waals surface area contributed by atoms with Crippen LogP contribution in [0.4, 0.5) is 11.4 Å². The Morgan fingerprint density at radius 3 is 1.94 bits per heavy atom. The number of amides is 1. The van der Waals surface area contributed by atoms with Gasteiger partial charge in [0, 0.05) is 43.0 Å². The summed E-state index contributed by atoms with van der Waals surface area (Å²) < 4.78 is 0. The smallest absolute Gasteiger partial charge is 0.295 e. The molecule has 2 aromatic carbocycles. The van der Waals surface area contributed by atoms with E-state index in [1.807, 2.05) is 0 Å². The summed E-state index contributed by atoms with van der Waals surface area (Å²) in [5.74, 6) is -2.37. The van der Waals surface area contributed by atoms with Crippen LogP contribution in [-0.2, 0) is 9.59 Å². The first-order valence-corrected chi connectivity index (χ1v) is 9.14. The number of benzene rings is 2. The minimum Gasteiger partial charge on any atom is -0.507 e. The molecular formula is C20H17N3O8. The van der Waals surface area contributed by atoms with E-state index in [-0.39, 0.29) is 42.1 Å². The van der Waals surface area contributed by atoms with Crippen LogP contribution < -0.4 is 0 Å².